The molecule has 0 spiro atoms. The minimum Gasteiger partial charge on any atom is -0.309 e. The van der Waals surface area contributed by atoms with Gasteiger partial charge in [-0.2, -0.15) is 12.6 Å². The monoisotopic (exact) mass is 292 g/mol. The number of hydrogen-bond donors (Lipinski definition) is 2. The summed E-state index contributed by atoms with van der Waals surface area (Å²) in [6.45, 7) is 0. The molecule has 0 saturated heterocycles. The van der Waals surface area contributed by atoms with Crippen LogP contribution in [-0.4, -0.2) is 9.97 Å². The Morgan fingerprint density at radius 2 is 2.05 bits per heavy atom. The molecular weight excluding hydrogens is 283 g/mol. The highest BCUT2D eigenvalue weighted by Gasteiger charge is 2.12. The van der Waals surface area contributed by atoms with Gasteiger partial charge in [0.2, 0.25) is 0 Å². The molecule has 0 bridgehead atoms. The molecule has 96 valence electrons. The molecule has 3 aromatic rings. The fraction of sp³-hybridized carbons (Fsp3) is 0.0769. The van der Waals surface area contributed by atoms with Crippen molar-refractivity contribution in [3.05, 3.63) is 51.6 Å². The first-order valence-electron chi connectivity index (χ1n) is 5.56. The van der Waals surface area contributed by atoms with Crippen molar-refractivity contribution < 1.29 is 4.39 Å². The van der Waals surface area contributed by atoms with E-state index in [4.69, 9.17) is 0 Å². The molecule has 0 radical (unpaired) electrons. The predicted molar refractivity (Wildman–Crippen MR) is 78.3 cm³/mol. The zero-order valence-corrected chi connectivity index (χ0v) is 11.4. The average Bonchev–Trinajstić information content (AvgIpc) is 2.84. The number of thiol groups is 1. The van der Waals surface area contributed by atoms with Crippen molar-refractivity contribution >= 4 is 34.2 Å². The van der Waals surface area contributed by atoms with Crippen molar-refractivity contribution in [2.45, 2.75) is 5.75 Å². The summed E-state index contributed by atoms with van der Waals surface area (Å²) in [5.74, 6) is 0.635. The maximum Gasteiger partial charge on any atom is 0.260 e. The normalized spacial score (nSPS) is 11.1. The number of hydrogen-bond acceptors (Lipinski definition) is 4. The van der Waals surface area contributed by atoms with Crippen molar-refractivity contribution in [2.24, 2.45) is 0 Å². The van der Waals surface area contributed by atoms with Gasteiger partial charge in [0.1, 0.15) is 16.5 Å². The maximum absolute atomic E-state index is 12.9. The molecular formula is C13H9FN2OS2. The number of nitrogens with one attached hydrogen (secondary N) is 1. The van der Waals surface area contributed by atoms with Crippen LogP contribution in [0.4, 0.5) is 4.39 Å². The molecule has 0 unspecified atom stereocenters. The van der Waals surface area contributed by atoms with Gasteiger partial charge in [-0.3, -0.25) is 4.79 Å². The minimum absolute atomic E-state index is 0.186. The zero-order chi connectivity index (χ0) is 13.4. The van der Waals surface area contributed by atoms with Gasteiger partial charge in [0.05, 0.1) is 5.39 Å². The number of thiophene rings is 1. The predicted octanol–water partition coefficient (Wildman–Crippen LogP) is 3.22. The lowest BCUT2D eigenvalue weighted by molar-refractivity contribution is 0.628. The van der Waals surface area contributed by atoms with Crippen LogP contribution in [0.1, 0.15) is 5.82 Å². The van der Waals surface area contributed by atoms with Crippen LogP contribution in [0.5, 0.6) is 0 Å². The summed E-state index contributed by atoms with van der Waals surface area (Å²) >= 11 is 5.50. The van der Waals surface area contributed by atoms with Gasteiger partial charge in [0.25, 0.3) is 5.56 Å². The first-order chi connectivity index (χ1) is 9.19. The van der Waals surface area contributed by atoms with Crippen LogP contribution in [0.25, 0.3) is 21.3 Å². The first kappa shape index (κ1) is 12.4. The smallest absolute Gasteiger partial charge is 0.260 e. The summed E-state index contributed by atoms with van der Waals surface area (Å²) in [6, 6.07) is 6.07. The van der Waals surface area contributed by atoms with Crippen molar-refractivity contribution in [1.29, 1.82) is 0 Å². The molecule has 1 aromatic carbocycles. The summed E-state index contributed by atoms with van der Waals surface area (Å²) in [4.78, 5) is 19.8. The van der Waals surface area contributed by atoms with E-state index in [0.29, 0.717) is 21.8 Å². The van der Waals surface area contributed by atoms with Gasteiger partial charge >= 0.3 is 0 Å². The van der Waals surface area contributed by atoms with Crippen molar-refractivity contribution in [2.75, 3.05) is 0 Å². The van der Waals surface area contributed by atoms with Crippen LogP contribution >= 0.6 is 24.0 Å². The largest absolute Gasteiger partial charge is 0.309 e. The van der Waals surface area contributed by atoms with Crippen LogP contribution in [0.2, 0.25) is 0 Å². The SMILES string of the molecule is O=c1[nH]c(CS)nc2scc(-c3ccc(F)cc3)c12. The summed E-state index contributed by atoms with van der Waals surface area (Å²) in [7, 11) is 0. The van der Waals surface area contributed by atoms with Crippen LogP contribution < -0.4 is 5.56 Å². The van der Waals surface area contributed by atoms with Crippen LogP contribution in [0, 0.1) is 5.82 Å². The van der Waals surface area contributed by atoms with Gasteiger partial charge in [0.15, 0.2) is 0 Å². The first-order valence-corrected chi connectivity index (χ1v) is 7.07. The van der Waals surface area contributed by atoms with Crippen molar-refractivity contribution in [3.8, 4) is 11.1 Å². The fourth-order valence-electron chi connectivity index (χ4n) is 1.91. The second kappa shape index (κ2) is 4.79. The molecule has 0 aliphatic carbocycles. The number of aromatic amines is 1. The van der Waals surface area contributed by atoms with E-state index in [9.17, 15) is 9.18 Å². The van der Waals surface area contributed by atoms with Crippen LogP contribution in [0.15, 0.2) is 34.4 Å². The van der Waals surface area contributed by atoms with E-state index < -0.39 is 0 Å². The minimum atomic E-state index is -0.298. The third kappa shape index (κ3) is 2.17. The van der Waals surface area contributed by atoms with Gasteiger partial charge < -0.3 is 4.98 Å². The molecule has 0 atom stereocenters. The number of nitrogens with zero attached hydrogens (tertiary/aromatic N) is 1. The van der Waals surface area contributed by atoms with E-state index >= 15 is 0 Å². The molecule has 2 aromatic heterocycles. The Labute approximate surface area is 117 Å². The lowest BCUT2D eigenvalue weighted by atomic mass is 10.1. The summed E-state index contributed by atoms with van der Waals surface area (Å²) in [6.07, 6.45) is 0. The highest BCUT2D eigenvalue weighted by Crippen LogP contribution is 2.30. The molecule has 3 rings (SSSR count). The van der Waals surface area contributed by atoms with Gasteiger partial charge in [-0.15, -0.1) is 11.3 Å². The molecule has 3 nitrogen and oxygen atoms in total. The van der Waals surface area contributed by atoms with E-state index in [1.807, 2.05) is 5.38 Å². The molecule has 0 amide bonds. The molecule has 19 heavy (non-hydrogen) atoms. The van der Waals surface area contributed by atoms with E-state index in [1.54, 1.807) is 12.1 Å². The fourth-order valence-corrected chi connectivity index (χ4v) is 3.03. The molecule has 0 aliphatic rings. The van der Waals surface area contributed by atoms with Gasteiger partial charge in [-0.05, 0) is 17.7 Å². The quantitative estimate of drug-likeness (QED) is 0.712. The molecule has 0 saturated carbocycles. The third-order valence-electron chi connectivity index (χ3n) is 2.80. The molecule has 0 fully saturated rings. The second-order valence-corrected chi connectivity index (χ2v) is 5.18. The number of halogens is 1. The number of benzene rings is 1. The molecule has 0 aliphatic heterocycles. The Hall–Kier alpha value is -1.66. The second-order valence-electron chi connectivity index (χ2n) is 4.01. The lowest BCUT2D eigenvalue weighted by Crippen LogP contribution is -2.10. The van der Waals surface area contributed by atoms with Crippen LogP contribution in [0.3, 0.4) is 0 Å². The standard InChI is InChI=1S/C13H9FN2OS2/c14-8-3-1-7(2-4-8)9-6-19-13-11(9)12(17)15-10(5-18)16-13/h1-4,6,18H,5H2,(H,15,16,17). The van der Waals surface area contributed by atoms with Crippen molar-refractivity contribution in [3.63, 3.8) is 0 Å². The van der Waals surface area contributed by atoms with Crippen molar-refractivity contribution in [1.82, 2.24) is 9.97 Å². The maximum atomic E-state index is 12.9. The number of rotatable bonds is 2. The topological polar surface area (TPSA) is 45.8 Å². The average molecular weight is 292 g/mol. The number of fused-ring (bicyclic) bond motifs is 1. The zero-order valence-electron chi connectivity index (χ0n) is 9.68. The van der Waals surface area contributed by atoms with Gasteiger partial charge in [-0.1, -0.05) is 12.1 Å². The summed E-state index contributed by atoms with van der Waals surface area (Å²) < 4.78 is 12.9. The number of H-pyrrole nitrogens is 1. The summed E-state index contributed by atoms with van der Waals surface area (Å²) in [5.41, 5.74) is 1.40. The van der Waals surface area contributed by atoms with E-state index in [-0.39, 0.29) is 11.4 Å². The Balaban J connectivity index is 2.26. The van der Waals surface area contributed by atoms with E-state index in [0.717, 1.165) is 11.1 Å². The Kier molecular flexibility index (Phi) is 3.12. The highest BCUT2D eigenvalue weighted by atomic mass is 32.1. The van der Waals surface area contributed by atoms with Crippen LogP contribution in [-0.2, 0) is 5.75 Å². The summed E-state index contributed by atoms with van der Waals surface area (Å²) in [5, 5.41) is 2.41. The highest BCUT2D eigenvalue weighted by molar-refractivity contribution is 7.79. The molecule has 6 heteroatoms. The molecule has 2 heterocycles. The molecule has 1 N–H and O–H groups in total. The lowest BCUT2D eigenvalue weighted by Gasteiger charge is -2.00. The van der Waals surface area contributed by atoms with Gasteiger partial charge in [0, 0.05) is 16.7 Å². The van der Waals surface area contributed by atoms with E-state index in [1.165, 1.54) is 23.5 Å². The van der Waals surface area contributed by atoms with Gasteiger partial charge in [-0.25, -0.2) is 9.37 Å². The Morgan fingerprint density at radius 1 is 1.32 bits per heavy atom. The third-order valence-corrected chi connectivity index (χ3v) is 3.97. The number of aromatic nitrogens is 2. The Bertz CT molecular complexity index is 793. The Morgan fingerprint density at radius 3 is 2.74 bits per heavy atom. The van der Waals surface area contributed by atoms with E-state index in [2.05, 4.69) is 22.6 Å².